The van der Waals surface area contributed by atoms with Crippen LogP contribution in [0.25, 0.3) is 0 Å². The van der Waals surface area contributed by atoms with E-state index < -0.39 is 0 Å². The Morgan fingerprint density at radius 2 is 2.21 bits per heavy atom. The molecule has 0 aliphatic heterocycles. The van der Waals surface area contributed by atoms with Crippen LogP contribution in [0.15, 0.2) is 18.2 Å². The molecule has 0 spiro atoms. The Kier molecular flexibility index (Phi) is 4.84. The number of aliphatic hydroxyl groups is 1. The molecule has 0 atom stereocenters. The van der Waals surface area contributed by atoms with Crippen LogP contribution in [0.2, 0.25) is 0 Å². The van der Waals surface area contributed by atoms with Crippen molar-refractivity contribution in [3.63, 3.8) is 0 Å². The Labute approximate surface area is 115 Å². The molecule has 1 saturated carbocycles. The van der Waals surface area contributed by atoms with E-state index in [1.165, 1.54) is 18.4 Å². The van der Waals surface area contributed by atoms with Gasteiger partial charge in [0.05, 0.1) is 7.11 Å². The van der Waals surface area contributed by atoms with Crippen LogP contribution in [0.3, 0.4) is 0 Å². The summed E-state index contributed by atoms with van der Waals surface area (Å²) in [6.07, 6.45) is 2.60. The van der Waals surface area contributed by atoms with Gasteiger partial charge in [0.1, 0.15) is 12.4 Å². The van der Waals surface area contributed by atoms with Crippen LogP contribution in [-0.2, 0) is 6.54 Å². The molecule has 19 heavy (non-hydrogen) atoms. The summed E-state index contributed by atoms with van der Waals surface area (Å²) >= 11 is 0. The van der Waals surface area contributed by atoms with Crippen molar-refractivity contribution in [3.8, 4) is 17.6 Å². The fraction of sp³-hybridized carbons (Fsp3) is 0.500. The number of hydrogen-bond donors (Lipinski definition) is 1. The lowest BCUT2D eigenvalue weighted by molar-refractivity contribution is 0.268. The smallest absolute Gasteiger partial charge is 0.119 e. The summed E-state index contributed by atoms with van der Waals surface area (Å²) in [5.74, 6) is 6.60. The van der Waals surface area contributed by atoms with Gasteiger partial charge in [0.15, 0.2) is 0 Å². The first kappa shape index (κ1) is 13.9. The zero-order valence-corrected chi connectivity index (χ0v) is 11.6. The van der Waals surface area contributed by atoms with Crippen LogP contribution in [0.1, 0.15) is 30.9 Å². The zero-order chi connectivity index (χ0) is 13.7. The van der Waals surface area contributed by atoms with Gasteiger partial charge in [0, 0.05) is 18.2 Å². The summed E-state index contributed by atoms with van der Waals surface area (Å²) in [5, 5.41) is 8.84. The minimum Gasteiger partial charge on any atom is -0.497 e. The van der Waals surface area contributed by atoms with E-state index in [9.17, 15) is 0 Å². The topological polar surface area (TPSA) is 32.7 Å². The van der Waals surface area contributed by atoms with Crippen LogP contribution in [0.5, 0.6) is 5.75 Å². The third-order valence-electron chi connectivity index (χ3n) is 3.46. The molecule has 0 aromatic heterocycles. The predicted molar refractivity (Wildman–Crippen MR) is 76.1 cm³/mol. The maximum atomic E-state index is 8.84. The first-order valence-corrected chi connectivity index (χ1v) is 6.79. The number of aliphatic hydroxyl groups excluding tert-OH is 1. The van der Waals surface area contributed by atoms with E-state index in [2.05, 4.69) is 23.7 Å². The van der Waals surface area contributed by atoms with E-state index >= 15 is 0 Å². The quantitative estimate of drug-likeness (QED) is 0.821. The van der Waals surface area contributed by atoms with Crippen molar-refractivity contribution < 1.29 is 9.84 Å². The van der Waals surface area contributed by atoms with Crippen LogP contribution in [0, 0.1) is 11.8 Å². The molecule has 0 radical (unpaired) electrons. The van der Waals surface area contributed by atoms with Gasteiger partial charge in [-0.25, -0.2) is 0 Å². The Morgan fingerprint density at radius 3 is 2.79 bits per heavy atom. The maximum Gasteiger partial charge on any atom is 0.119 e. The Hall–Kier alpha value is -1.50. The molecule has 1 aliphatic rings. The van der Waals surface area contributed by atoms with E-state index in [4.69, 9.17) is 9.84 Å². The number of ether oxygens (including phenoxy) is 1. The van der Waals surface area contributed by atoms with Crippen LogP contribution < -0.4 is 4.74 Å². The fourth-order valence-electron chi connectivity index (χ4n) is 2.24. The molecule has 1 aromatic carbocycles. The van der Waals surface area contributed by atoms with Crippen molar-refractivity contribution in [2.45, 2.75) is 32.4 Å². The molecule has 1 N–H and O–H groups in total. The highest BCUT2D eigenvalue weighted by Gasteiger charge is 2.28. The molecule has 3 nitrogen and oxygen atoms in total. The summed E-state index contributed by atoms with van der Waals surface area (Å²) in [7, 11) is 1.68. The molecule has 1 fully saturated rings. The molecular formula is C16H21NO2. The van der Waals surface area contributed by atoms with Gasteiger partial charge < -0.3 is 9.84 Å². The highest BCUT2D eigenvalue weighted by Crippen LogP contribution is 2.29. The summed E-state index contributed by atoms with van der Waals surface area (Å²) in [6.45, 7) is 4.03. The van der Waals surface area contributed by atoms with Crippen molar-refractivity contribution in [1.29, 1.82) is 0 Å². The lowest BCUT2D eigenvalue weighted by Crippen LogP contribution is -2.25. The van der Waals surface area contributed by atoms with Crippen LogP contribution in [-0.4, -0.2) is 36.3 Å². The molecule has 0 amide bonds. The first-order chi connectivity index (χ1) is 9.28. The molecule has 2 rings (SSSR count). The maximum absolute atomic E-state index is 8.84. The number of hydrogen-bond acceptors (Lipinski definition) is 3. The number of rotatable bonds is 5. The lowest BCUT2D eigenvalue weighted by atomic mass is 10.1. The summed E-state index contributed by atoms with van der Waals surface area (Å²) in [4.78, 5) is 2.47. The third-order valence-corrected chi connectivity index (χ3v) is 3.46. The minimum atomic E-state index is -0.106. The fourth-order valence-corrected chi connectivity index (χ4v) is 2.24. The van der Waals surface area contributed by atoms with Crippen LogP contribution in [0.4, 0.5) is 0 Å². The van der Waals surface area contributed by atoms with E-state index in [-0.39, 0.29) is 6.61 Å². The van der Waals surface area contributed by atoms with Gasteiger partial charge in [0.2, 0.25) is 0 Å². The average Bonchev–Trinajstić information content (AvgIpc) is 3.27. The highest BCUT2D eigenvalue weighted by molar-refractivity contribution is 5.45. The molecule has 3 heteroatoms. The van der Waals surface area contributed by atoms with Crippen molar-refractivity contribution in [2.75, 3.05) is 20.3 Å². The summed E-state index contributed by atoms with van der Waals surface area (Å²) in [6, 6.07) is 6.66. The second kappa shape index (κ2) is 6.60. The molecule has 0 saturated heterocycles. The first-order valence-electron chi connectivity index (χ1n) is 6.79. The predicted octanol–water partition coefficient (Wildman–Crippen LogP) is 2.02. The zero-order valence-electron chi connectivity index (χ0n) is 11.6. The molecule has 0 heterocycles. The van der Waals surface area contributed by atoms with Gasteiger partial charge in [-0.15, -0.1) is 0 Å². The second-order valence-corrected chi connectivity index (χ2v) is 4.78. The van der Waals surface area contributed by atoms with Crippen LogP contribution >= 0.6 is 0 Å². The van der Waals surface area contributed by atoms with E-state index in [0.717, 1.165) is 30.4 Å². The molecule has 0 bridgehead atoms. The summed E-state index contributed by atoms with van der Waals surface area (Å²) in [5.41, 5.74) is 2.16. The van der Waals surface area contributed by atoms with Crippen molar-refractivity contribution in [2.24, 2.45) is 0 Å². The van der Waals surface area contributed by atoms with E-state index in [0.29, 0.717) is 0 Å². The molecular weight excluding hydrogens is 238 g/mol. The molecule has 1 aliphatic carbocycles. The number of methoxy groups -OCH3 is 1. The highest BCUT2D eigenvalue weighted by atomic mass is 16.5. The average molecular weight is 259 g/mol. The Bertz CT molecular complexity index is 483. The van der Waals surface area contributed by atoms with E-state index in [1.54, 1.807) is 7.11 Å². The SMILES string of the molecule is CCN(Cc1cc(OC)ccc1C#CCO)C1CC1. The second-order valence-electron chi connectivity index (χ2n) is 4.78. The van der Waals surface area contributed by atoms with Crippen molar-refractivity contribution in [3.05, 3.63) is 29.3 Å². The molecule has 1 aromatic rings. The van der Waals surface area contributed by atoms with Gasteiger partial charge in [-0.05, 0) is 43.1 Å². The Morgan fingerprint density at radius 1 is 1.42 bits per heavy atom. The van der Waals surface area contributed by atoms with Gasteiger partial charge in [-0.1, -0.05) is 18.8 Å². The van der Waals surface area contributed by atoms with Crippen molar-refractivity contribution in [1.82, 2.24) is 4.90 Å². The van der Waals surface area contributed by atoms with Crippen molar-refractivity contribution >= 4 is 0 Å². The number of benzene rings is 1. The lowest BCUT2D eigenvalue weighted by Gasteiger charge is -2.21. The van der Waals surface area contributed by atoms with Gasteiger partial charge in [0.25, 0.3) is 0 Å². The van der Waals surface area contributed by atoms with Gasteiger partial charge in [-0.2, -0.15) is 0 Å². The molecule has 102 valence electrons. The third kappa shape index (κ3) is 3.73. The Balaban J connectivity index is 2.23. The largest absolute Gasteiger partial charge is 0.497 e. The minimum absolute atomic E-state index is 0.106. The number of nitrogens with zero attached hydrogens (tertiary/aromatic N) is 1. The van der Waals surface area contributed by atoms with Gasteiger partial charge >= 0.3 is 0 Å². The molecule has 0 unspecified atom stereocenters. The standard InChI is InChI=1S/C16H21NO2/c1-3-17(15-7-8-15)12-14-11-16(19-2)9-6-13(14)5-4-10-18/h6,9,11,15,18H,3,7-8,10,12H2,1-2H3. The normalized spacial score (nSPS) is 14.1. The summed E-state index contributed by atoms with van der Waals surface area (Å²) < 4.78 is 5.29. The van der Waals surface area contributed by atoms with Gasteiger partial charge in [-0.3, -0.25) is 4.90 Å². The van der Waals surface area contributed by atoms with E-state index in [1.807, 2.05) is 18.2 Å². The monoisotopic (exact) mass is 259 g/mol.